The first-order valence-corrected chi connectivity index (χ1v) is 8.92. The summed E-state index contributed by atoms with van der Waals surface area (Å²) in [5.41, 5.74) is 0.418. The van der Waals surface area contributed by atoms with E-state index in [4.69, 9.17) is 14.6 Å². The summed E-state index contributed by atoms with van der Waals surface area (Å²) in [5, 5.41) is 6.89. The molecule has 0 amide bonds. The van der Waals surface area contributed by atoms with E-state index in [0.29, 0.717) is 5.41 Å². The minimum Gasteiger partial charge on any atom is -0.483 e. The van der Waals surface area contributed by atoms with Crippen molar-refractivity contribution in [1.82, 2.24) is 4.90 Å². The van der Waals surface area contributed by atoms with E-state index in [1.807, 2.05) is 0 Å². The molecule has 1 aromatic carbocycles. The number of methoxy groups -OCH3 is 1. The number of carboxylic acid groups (broad SMARTS) is 1. The van der Waals surface area contributed by atoms with Crippen LogP contribution in [0.4, 0.5) is 8.78 Å². The van der Waals surface area contributed by atoms with Gasteiger partial charge in [0.05, 0.1) is 13.0 Å². The molecule has 1 fully saturated rings. The molecule has 1 aromatic rings. The van der Waals surface area contributed by atoms with Gasteiger partial charge in [-0.2, -0.15) is 0 Å². The quantitative estimate of drug-likeness (QED) is 0.625. The highest BCUT2D eigenvalue weighted by molar-refractivity contribution is 5.72. The summed E-state index contributed by atoms with van der Waals surface area (Å²) in [4.78, 5) is 22.1. The van der Waals surface area contributed by atoms with Gasteiger partial charge in [-0.1, -0.05) is 26.8 Å². The number of ether oxygens (including phenoxy) is 1. The maximum atomic E-state index is 11.9. The van der Waals surface area contributed by atoms with Gasteiger partial charge in [-0.05, 0) is 49.9 Å². The molecule has 0 aromatic heterocycles. The molecule has 0 aliphatic carbocycles. The second kappa shape index (κ2) is 13.2. The minimum absolute atomic E-state index is 0.0432. The van der Waals surface area contributed by atoms with Crippen LogP contribution < -0.4 is 0 Å². The molecule has 154 valence electrons. The molecular weight excluding hydrogens is 356 g/mol. The lowest BCUT2D eigenvalue weighted by molar-refractivity contribution is -0.144. The van der Waals surface area contributed by atoms with E-state index < -0.39 is 11.6 Å². The number of likely N-dealkylation sites (tertiary alicyclic amines) is 1. The van der Waals surface area contributed by atoms with Gasteiger partial charge < -0.3 is 14.7 Å². The minimum atomic E-state index is -0.537. The first-order valence-electron chi connectivity index (χ1n) is 8.92. The van der Waals surface area contributed by atoms with Crippen molar-refractivity contribution < 1.29 is 28.2 Å². The topological polar surface area (TPSA) is 66.8 Å². The van der Waals surface area contributed by atoms with Gasteiger partial charge in [-0.25, -0.2) is 8.78 Å². The van der Waals surface area contributed by atoms with Crippen LogP contribution in [0, 0.1) is 23.0 Å². The highest BCUT2D eigenvalue weighted by Crippen LogP contribution is 2.22. The Labute approximate surface area is 160 Å². The molecule has 27 heavy (non-hydrogen) atoms. The first-order chi connectivity index (χ1) is 12.6. The molecule has 7 heteroatoms. The number of esters is 1. The molecule has 0 saturated carbocycles. The molecule has 5 nitrogen and oxygen atoms in total. The number of carbonyl (C=O) groups is 2. The van der Waals surface area contributed by atoms with Crippen LogP contribution in [0.15, 0.2) is 24.3 Å². The van der Waals surface area contributed by atoms with E-state index in [0.717, 1.165) is 32.1 Å². The maximum absolute atomic E-state index is 11.9. The monoisotopic (exact) mass is 387 g/mol. The molecule has 0 spiro atoms. The molecule has 0 bridgehead atoms. The van der Waals surface area contributed by atoms with Gasteiger partial charge in [-0.3, -0.25) is 9.59 Å². The fourth-order valence-electron chi connectivity index (χ4n) is 2.69. The van der Waals surface area contributed by atoms with Crippen molar-refractivity contribution in [2.45, 2.75) is 40.0 Å². The molecule has 2 rings (SSSR count). The summed E-state index contributed by atoms with van der Waals surface area (Å²) in [7, 11) is 1.48. The number of halogens is 2. The van der Waals surface area contributed by atoms with Gasteiger partial charge in [0, 0.05) is 12.6 Å². The Morgan fingerprint density at radius 1 is 1.33 bits per heavy atom. The van der Waals surface area contributed by atoms with E-state index in [2.05, 4.69) is 25.7 Å². The summed E-state index contributed by atoms with van der Waals surface area (Å²) < 4.78 is 28.6. The van der Waals surface area contributed by atoms with E-state index >= 15 is 0 Å². The summed E-state index contributed by atoms with van der Waals surface area (Å²) in [6, 6.07) is 4.55. The van der Waals surface area contributed by atoms with Crippen molar-refractivity contribution in [2.75, 3.05) is 26.7 Å². The zero-order chi connectivity index (χ0) is 20.9. The highest BCUT2D eigenvalue weighted by Gasteiger charge is 2.28. The van der Waals surface area contributed by atoms with Gasteiger partial charge >= 0.3 is 5.97 Å². The molecular formula is C20H31F2NO4. The van der Waals surface area contributed by atoms with Crippen LogP contribution in [0.1, 0.15) is 40.0 Å². The molecule has 1 saturated heterocycles. The predicted octanol–water partition coefficient (Wildman–Crippen LogP) is 3.97. The molecule has 1 unspecified atom stereocenters. The van der Waals surface area contributed by atoms with E-state index in [1.165, 1.54) is 38.2 Å². The summed E-state index contributed by atoms with van der Waals surface area (Å²) in [6.45, 7) is 9.61. The van der Waals surface area contributed by atoms with Gasteiger partial charge in [0.1, 0.15) is 11.6 Å². The van der Waals surface area contributed by atoms with Crippen molar-refractivity contribution in [1.29, 1.82) is 0 Å². The van der Waals surface area contributed by atoms with Crippen LogP contribution in [-0.2, 0) is 14.3 Å². The summed E-state index contributed by atoms with van der Waals surface area (Å²) in [5.74, 6) is -1.01. The van der Waals surface area contributed by atoms with Crippen molar-refractivity contribution in [3.8, 4) is 0 Å². The third-order valence-corrected chi connectivity index (χ3v) is 3.99. The standard InChI is InChI=1S/C13H25NO2.C6H4F2.CH2O2/c1-13(2,3)7-5-8-14-9-6-11(10-14)12(15)16-4;7-5-2-1-3-6(8)4-5;2-1-3/h11H,5-10H2,1-4H3;1-4H;1H,(H,2,3). The van der Waals surface area contributed by atoms with Crippen LogP contribution in [-0.4, -0.2) is 49.2 Å². The Kier molecular flexibility index (Phi) is 12.2. The number of nitrogens with zero attached hydrogens (tertiary/aromatic N) is 1. The maximum Gasteiger partial charge on any atom is 0.310 e. The Bertz CT molecular complexity index is 544. The number of benzene rings is 1. The van der Waals surface area contributed by atoms with Crippen LogP contribution in [0.25, 0.3) is 0 Å². The third kappa shape index (κ3) is 12.9. The lowest BCUT2D eigenvalue weighted by atomic mass is 9.90. The Hall–Kier alpha value is -2.02. The molecule has 1 heterocycles. The van der Waals surface area contributed by atoms with Gasteiger partial charge in [0.2, 0.25) is 0 Å². The first kappa shape index (κ1) is 25.0. The number of hydrogen-bond acceptors (Lipinski definition) is 4. The Balaban J connectivity index is 0.000000509. The van der Waals surface area contributed by atoms with Crippen molar-refractivity contribution in [3.63, 3.8) is 0 Å². The van der Waals surface area contributed by atoms with Crippen LogP contribution >= 0.6 is 0 Å². The number of carbonyl (C=O) groups excluding carboxylic acids is 1. The molecule has 1 aliphatic heterocycles. The van der Waals surface area contributed by atoms with Crippen molar-refractivity contribution in [3.05, 3.63) is 35.9 Å². The largest absolute Gasteiger partial charge is 0.483 e. The lowest BCUT2D eigenvalue weighted by Gasteiger charge is -2.21. The Morgan fingerprint density at radius 2 is 1.89 bits per heavy atom. The summed E-state index contributed by atoms with van der Waals surface area (Å²) >= 11 is 0. The van der Waals surface area contributed by atoms with E-state index in [1.54, 1.807) is 0 Å². The number of rotatable bonds is 4. The SMILES string of the molecule is COC(=O)C1CCN(CCCC(C)(C)C)C1.Fc1cccc(F)c1.O=CO. The molecule has 1 atom stereocenters. The second-order valence-corrected chi connectivity index (χ2v) is 7.52. The Morgan fingerprint density at radius 3 is 2.30 bits per heavy atom. The van der Waals surface area contributed by atoms with Crippen molar-refractivity contribution in [2.24, 2.45) is 11.3 Å². The fourth-order valence-corrected chi connectivity index (χ4v) is 2.69. The third-order valence-electron chi connectivity index (χ3n) is 3.99. The second-order valence-electron chi connectivity index (χ2n) is 7.52. The van der Waals surface area contributed by atoms with Crippen LogP contribution in [0.5, 0.6) is 0 Å². The van der Waals surface area contributed by atoms with E-state index in [-0.39, 0.29) is 18.4 Å². The number of hydrogen-bond donors (Lipinski definition) is 1. The van der Waals surface area contributed by atoms with Crippen LogP contribution in [0.3, 0.4) is 0 Å². The normalized spacial score (nSPS) is 16.4. The van der Waals surface area contributed by atoms with E-state index in [9.17, 15) is 13.6 Å². The predicted molar refractivity (Wildman–Crippen MR) is 100 cm³/mol. The fraction of sp³-hybridized carbons (Fsp3) is 0.600. The molecule has 0 radical (unpaired) electrons. The van der Waals surface area contributed by atoms with Gasteiger partial charge in [0.25, 0.3) is 6.47 Å². The lowest BCUT2D eigenvalue weighted by Crippen LogP contribution is -2.25. The van der Waals surface area contributed by atoms with Crippen molar-refractivity contribution >= 4 is 12.4 Å². The van der Waals surface area contributed by atoms with Gasteiger partial charge in [-0.15, -0.1) is 0 Å². The summed E-state index contributed by atoms with van der Waals surface area (Å²) in [6.07, 6.45) is 3.42. The average molecular weight is 387 g/mol. The molecule has 1 N–H and O–H groups in total. The highest BCUT2D eigenvalue weighted by atomic mass is 19.1. The zero-order valence-corrected chi connectivity index (χ0v) is 16.6. The smallest absolute Gasteiger partial charge is 0.310 e. The van der Waals surface area contributed by atoms with Gasteiger partial charge in [0.15, 0.2) is 0 Å². The average Bonchev–Trinajstić information content (AvgIpc) is 3.03. The zero-order valence-electron chi connectivity index (χ0n) is 16.6. The molecule has 1 aliphatic rings. The van der Waals surface area contributed by atoms with Crippen LogP contribution in [0.2, 0.25) is 0 Å².